The Balaban J connectivity index is 3.25. The maximum atomic E-state index is 13.4. The number of hydrogen-bond acceptors (Lipinski definition) is 2. The predicted molar refractivity (Wildman–Crippen MR) is 52.7 cm³/mol. The summed E-state index contributed by atoms with van der Waals surface area (Å²) >= 11 is 2.92. The Morgan fingerprint density at radius 1 is 1.43 bits per heavy atom. The Hall–Kier alpha value is -0.520. The van der Waals surface area contributed by atoms with E-state index in [1.807, 2.05) is 0 Å². The minimum Gasteiger partial charge on any atom is -0.391 e. The van der Waals surface area contributed by atoms with Crippen LogP contribution < -0.4 is 5.73 Å². The van der Waals surface area contributed by atoms with Crippen molar-refractivity contribution in [1.82, 2.24) is 0 Å². The summed E-state index contributed by atoms with van der Waals surface area (Å²) in [5.74, 6) is -1.52. The lowest BCUT2D eigenvalue weighted by Gasteiger charge is -2.17. The minimum atomic E-state index is -1.06. The number of rotatable bonds is 2. The molecule has 1 aromatic carbocycles. The first-order chi connectivity index (χ1) is 6.45. The molecular formula is C9H10BrF2NO. The molecule has 0 radical (unpaired) electrons. The average Bonchev–Trinajstić information content (AvgIpc) is 2.12. The van der Waals surface area contributed by atoms with E-state index in [1.54, 1.807) is 0 Å². The van der Waals surface area contributed by atoms with Gasteiger partial charge in [-0.15, -0.1) is 0 Å². The van der Waals surface area contributed by atoms with Crippen LogP contribution in [-0.2, 0) is 0 Å². The topological polar surface area (TPSA) is 46.2 Å². The molecule has 0 fully saturated rings. The molecule has 0 aromatic heterocycles. The van der Waals surface area contributed by atoms with E-state index in [0.29, 0.717) is 0 Å². The van der Waals surface area contributed by atoms with Gasteiger partial charge in [0.1, 0.15) is 11.6 Å². The Morgan fingerprint density at radius 2 is 2.00 bits per heavy atom. The Kier molecular flexibility index (Phi) is 3.58. The van der Waals surface area contributed by atoms with Crippen molar-refractivity contribution in [3.05, 3.63) is 33.8 Å². The van der Waals surface area contributed by atoms with Gasteiger partial charge in [0, 0.05) is 5.56 Å². The monoisotopic (exact) mass is 265 g/mol. The normalized spacial score (nSPS) is 15.3. The highest BCUT2D eigenvalue weighted by Gasteiger charge is 2.22. The SMILES string of the molecule is C[C@H](O)[C@H](N)c1c(F)ccc(Br)c1F. The predicted octanol–water partition coefficient (Wildman–Crippen LogP) is 2.11. The lowest BCUT2D eigenvalue weighted by Crippen LogP contribution is -2.25. The smallest absolute Gasteiger partial charge is 0.145 e. The Morgan fingerprint density at radius 3 is 2.50 bits per heavy atom. The zero-order valence-electron chi connectivity index (χ0n) is 7.47. The fourth-order valence-electron chi connectivity index (χ4n) is 1.09. The molecule has 0 aliphatic heterocycles. The van der Waals surface area contributed by atoms with Gasteiger partial charge >= 0.3 is 0 Å². The molecule has 78 valence electrons. The standard InChI is InChI=1S/C9H10BrF2NO/c1-4(14)9(13)7-6(11)3-2-5(10)8(7)12/h2-4,9,14H,13H2,1H3/t4-,9-/m0/s1. The van der Waals surface area contributed by atoms with Crippen LogP contribution in [0.5, 0.6) is 0 Å². The van der Waals surface area contributed by atoms with Gasteiger partial charge in [0.05, 0.1) is 16.6 Å². The highest BCUT2D eigenvalue weighted by Crippen LogP contribution is 2.26. The maximum Gasteiger partial charge on any atom is 0.145 e. The third-order valence-electron chi connectivity index (χ3n) is 1.93. The highest BCUT2D eigenvalue weighted by atomic mass is 79.9. The fraction of sp³-hybridized carbons (Fsp3) is 0.333. The van der Waals surface area contributed by atoms with E-state index in [4.69, 9.17) is 10.8 Å². The lowest BCUT2D eigenvalue weighted by atomic mass is 10.0. The number of hydrogen-bond donors (Lipinski definition) is 2. The molecule has 0 spiro atoms. The maximum absolute atomic E-state index is 13.4. The van der Waals surface area contributed by atoms with E-state index < -0.39 is 23.8 Å². The van der Waals surface area contributed by atoms with Gasteiger partial charge in [-0.3, -0.25) is 0 Å². The summed E-state index contributed by atoms with van der Waals surface area (Å²) < 4.78 is 26.7. The van der Waals surface area contributed by atoms with Gasteiger partial charge in [0.2, 0.25) is 0 Å². The molecule has 14 heavy (non-hydrogen) atoms. The van der Waals surface area contributed by atoms with Crippen LogP contribution in [0.1, 0.15) is 18.5 Å². The summed E-state index contributed by atoms with van der Waals surface area (Å²) in [4.78, 5) is 0. The van der Waals surface area contributed by atoms with Gasteiger partial charge < -0.3 is 10.8 Å². The molecule has 0 saturated heterocycles. The van der Waals surface area contributed by atoms with Gasteiger partial charge in [0.25, 0.3) is 0 Å². The summed E-state index contributed by atoms with van der Waals surface area (Å²) in [7, 11) is 0. The lowest BCUT2D eigenvalue weighted by molar-refractivity contribution is 0.160. The van der Waals surface area contributed by atoms with E-state index in [9.17, 15) is 8.78 Å². The van der Waals surface area contributed by atoms with E-state index >= 15 is 0 Å². The van der Waals surface area contributed by atoms with Crippen LogP contribution in [0, 0.1) is 11.6 Å². The summed E-state index contributed by atoms with van der Waals surface area (Å²) in [6, 6.07) is 1.29. The van der Waals surface area contributed by atoms with Gasteiger partial charge in [-0.05, 0) is 35.0 Å². The number of nitrogens with two attached hydrogens (primary N) is 1. The van der Waals surface area contributed by atoms with Crippen molar-refractivity contribution in [2.75, 3.05) is 0 Å². The van der Waals surface area contributed by atoms with Crippen molar-refractivity contribution in [3.8, 4) is 0 Å². The zero-order valence-corrected chi connectivity index (χ0v) is 9.05. The van der Waals surface area contributed by atoms with Crippen molar-refractivity contribution in [2.45, 2.75) is 19.1 Å². The van der Waals surface area contributed by atoms with Gasteiger partial charge in [-0.2, -0.15) is 0 Å². The van der Waals surface area contributed by atoms with E-state index in [-0.39, 0.29) is 10.0 Å². The summed E-state index contributed by atoms with van der Waals surface area (Å²) in [6.07, 6.45) is -1.01. The van der Waals surface area contributed by atoms with Crippen molar-refractivity contribution < 1.29 is 13.9 Å². The summed E-state index contributed by atoms with van der Waals surface area (Å²) in [6.45, 7) is 1.38. The van der Waals surface area contributed by atoms with Crippen LogP contribution in [0.25, 0.3) is 0 Å². The molecule has 0 saturated carbocycles. The summed E-state index contributed by atoms with van der Waals surface area (Å²) in [5, 5.41) is 9.14. The second kappa shape index (κ2) is 4.33. The summed E-state index contributed by atoms with van der Waals surface area (Å²) in [5.41, 5.74) is 5.16. The first kappa shape index (κ1) is 11.6. The molecule has 1 aromatic rings. The number of benzene rings is 1. The molecule has 2 nitrogen and oxygen atoms in total. The zero-order chi connectivity index (χ0) is 10.9. The van der Waals surface area contributed by atoms with Gasteiger partial charge in [0.15, 0.2) is 0 Å². The first-order valence-electron chi connectivity index (χ1n) is 4.02. The van der Waals surface area contributed by atoms with Crippen LogP contribution in [0.4, 0.5) is 8.78 Å². The first-order valence-corrected chi connectivity index (χ1v) is 4.81. The molecule has 1 rings (SSSR count). The molecule has 0 aliphatic rings. The Labute approximate surface area is 88.9 Å². The van der Waals surface area contributed by atoms with Crippen LogP contribution in [0.3, 0.4) is 0 Å². The highest BCUT2D eigenvalue weighted by molar-refractivity contribution is 9.10. The average molecular weight is 266 g/mol. The van der Waals surface area contributed by atoms with Crippen molar-refractivity contribution in [3.63, 3.8) is 0 Å². The van der Waals surface area contributed by atoms with Crippen LogP contribution >= 0.6 is 15.9 Å². The third-order valence-corrected chi connectivity index (χ3v) is 2.54. The second-order valence-electron chi connectivity index (χ2n) is 3.02. The largest absolute Gasteiger partial charge is 0.391 e. The van der Waals surface area contributed by atoms with Gasteiger partial charge in [-0.25, -0.2) is 8.78 Å². The molecular weight excluding hydrogens is 256 g/mol. The number of aliphatic hydroxyl groups excluding tert-OH is 1. The van der Waals surface area contributed by atoms with Crippen molar-refractivity contribution >= 4 is 15.9 Å². The second-order valence-corrected chi connectivity index (χ2v) is 3.88. The van der Waals surface area contributed by atoms with Crippen molar-refractivity contribution in [1.29, 1.82) is 0 Å². The van der Waals surface area contributed by atoms with E-state index in [0.717, 1.165) is 6.07 Å². The molecule has 0 aliphatic carbocycles. The minimum absolute atomic E-state index is 0.130. The van der Waals surface area contributed by atoms with Crippen LogP contribution in [-0.4, -0.2) is 11.2 Å². The van der Waals surface area contributed by atoms with Gasteiger partial charge in [-0.1, -0.05) is 0 Å². The molecule has 2 atom stereocenters. The third kappa shape index (κ3) is 2.10. The van der Waals surface area contributed by atoms with E-state index in [1.165, 1.54) is 13.0 Å². The van der Waals surface area contributed by atoms with Crippen LogP contribution in [0.2, 0.25) is 0 Å². The fourth-order valence-corrected chi connectivity index (χ4v) is 1.44. The van der Waals surface area contributed by atoms with E-state index in [2.05, 4.69) is 15.9 Å². The molecule has 0 bridgehead atoms. The van der Waals surface area contributed by atoms with Crippen molar-refractivity contribution in [2.24, 2.45) is 5.73 Å². The molecule has 0 unspecified atom stereocenters. The number of halogens is 3. The molecule has 0 amide bonds. The van der Waals surface area contributed by atoms with Crippen LogP contribution in [0.15, 0.2) is 16.6 Å². The quantitative estimate of drug-likeness (QED) is 0.805. The molecule has 3 N–H and O–H groups in total. The number of aliphatic hydroxyl groups is 1. The molecule has 0 heterocycles. The molecule has 5 heteroatoms. The Bertz CT molecular complexity index is 344.